The van der Waals surface area contributed by atoms with Gasteiger partial charge in [0.25, 0.3) is 0 Å². The lowest BCUT2D eigenvalue weighted by Gasteiger charge is -2.11. The average molecular weight is 457 g/mol. The molecular weight excluding hydrogens is 428 g/mol. The van der Waals surface area contributed by atoms with E-state index in [0.717, 1.165) is 34.1 Å². The van der Waals surface area contributed by atoms with E-state index in [4.69, 9.17) is 4.52 Å². The van der Waals surface area contributed by atoms with E-state index >= 15 is 0 Å². The molecule has 0 spiro atoms. The number of nitrogens with one attached hydrogen (secondary N) is 3. The zero-order valence-corrected chi connectivity index (χ0v) is 19.8. The fraction of sp³-hybridized carbons (Fsp3) is 0.231. The van der Waals surface area contributed by atoms with Crippen molar-refractivity contribution in [2.75, 3.05) is 16.0 Å². The van der Waals surface area contributed by atoms with E-state index in [-0.39, 0.29) is 5.91 Å². The van der Waals surface area contributed by atoms with Crippen molar-refractivity contribution in [1.82, 2.24) is 15.1 Å². The van der Waals surface area contributed by atoms with Crippen molar-refractivity contribution in [3.63, 3.8) is 0 Å². The Morgan fingerprint density at radius 2 is 1.38 bits per heavy atom. The lowest BCUT2D eigenvalue weighted by Crippen LogP contribution is -2.12. The first kappa shape index (κ1) is 23.0. The second-order valence-electron chi connectivity index (χ2n) is 8.23. The first-order chi connectivity index (χ1) is 16.4. The third-order valence-electron chi connectivity index (χ3n) is 5.39. The third-order valence-corrected chi connectivity index (χ3v) is 5.39. The molecule has 0 atom stereocenters. The molecule has 0 bridgehead atoms. The van der Waals surface area contributed by atoms with Gasteiger partial charge >= 0.3 is 0 Å². The summed E-state index contributed by atoms with van der Waals surface area (Å²) in [5.74, 6) is 2.75. The molecule has 0 aliphatic rings. The molecule has 4 aromatic rings. The first-order valence-corrected chi connectivity index (χ1v) is 11.1. The number of aromatic nitrogens is 3. The molecule has 34 heavy (non-hydrogen) atoms. The first-order valence-electron chi connectivity index (χ1n) is 11.1. The monoisotopic (exact) mass is 456 g/mol. The van der Waals surface area contributed by atoms with E-state index in [9.17, 15) is 4.79 Å². The Hall–Kier alpha value is -4.20. The van der Waals surface area contributed by atoms with Gasteiger partial charge in [0.05, 0.1) is 5.69 Å². The maximum atomic E-state index is 12.3. The smallest absolute Gasteiger partial charge is 0.224 e. The topological polar surface area (TPSA) is 105 Å². The number of hydrogen-bond acceptors (Lipinski definition) is 7. The van der Waals surface area contributed by atoms with Gasteiger partial charge in [-0.1, -0.05) is 22.9 Å². The molecular formula is C26H28N6O2. The molecule has 8 heteroatoms. The fourth-order valence-electron chi connectivity index (χ4n) is 3.59. The highest BCUT2D eigenvalue weighted by atomic mass is 16.5. The van der Waals surface area contributed by atoms with Gasteiger partial charge in [0, 0.05) is 35.1 Å². The van der Waals surface area contributed by atoms with Gasteiger partial charge in [-0.2, -0.15) is 0 Å². The van der Waals surface area contributed by atoms with E-state index < -0.39 is 0 Å². The highest BCUT2D eigenvalue weighted by molar-refractivity contribution is 5.91. The van der Waals surface area contributed by atoms with Crippen LogP contribution in [0.2, 0.25) is 0 Å². The number of aryl methyl sites for hydroxylation is 4. The zero-order valence-electron chi connectivity index (χ0n) is 19.8. The lowest BCUT2D eigenvalue weighted by molar-refractivity contribution is -0.116. The van der Waals surface area contributed by atoms with E-state index in [1.54, 1.807) is 0 Å². The van der Waals surface area contributed by atoms with Crippen molar-refractivity contribution in [3.8, 4) is 0 Å². The van der Waals surface area contributed by atoms with Gasteiger partial charge in [-0.3, -0.25) is 4.79 Å². The summed E-state index contributed by atoms with van der Waals surface area (Å²) in [6.45, 7) is 7.65. The number of anilines is 5. The molecule has 0 saturated carbocycles. The van der Waals surface area contributed by atoms with Gasteiger partial charge in [-0.25, -0.2) is 9.97 Å². The molecule has 2 aromatic heterocycles. The van der Waals surface area contributed by atoms with Crippen molar-refractivity contribution >= 4 is 34.6 Å². The molecule has 174 valence electrons. The van der Waals surface area contributed by atoms with Crippen LogP contribution in [0.3, 0.4) is 0 Å². The van der Waals surface area contributed by atoms with Gasteiger partial charge in [0.15, 0.2) is 0 Å². The van der Waals surface area contributed by atoms with Crippen LogP contribution >= 0.6 is 0 Å². The standard InChI is InChI=1S/C26H28N6O2/c1-16-5-7-20(8-6-16)29-24-15-25(28-19(4)27-24)30-21-9-11-22(12-10-21)31-26(33)14-13-23-17(2)32-34-18(23)3/h5-12,15H,13-14H2,1-4H3,(H,31,33)(H2,27,28,29,30). The van der Waals surface area contributed by atoms with Crippen LogP contribution in [-0.4, -0.2) is 21.0 Å². The second-order valence-corrected chi connectivity index (χ2v) is 8.23. The minimum atomic E-state index is -0.0565. The normalized spacial score (nSPS) is 10.7. The predicted octanol–water partition coefficient (Wildman–Crippen LogP) is 5.76. The molecule has 0 aliphatic heterocycles. The van der Waals surface area contributed by atoms with Crippen LogP contribution in [0.25, 0.3) is 0 Å². The SMILES string of the molecule is Cc1ccc(Nc2cc(Nc3ccc(NC(=O)CCc4c(C)noc4C)cc3)nc(C)n2)cc1. The Morgan fingerprint density at radius 1 is 0.824 bits per heavy atom. The molecule has 0 fully saturated rings. The summed E-state index contributed by atoms with van der Waals surface area (Å²) < 4.78 is 5.15. The van der Waals surface area contributed by atoms with Gasteiger partial charge in [0.1, 0.15) is 23.2 Å². The van der Waals surface area contributed by atoms with Crippen molar-refractivity contribution in [2.24, 2.45) is 0 Å². The van der Waals surface area contributed by atoms with E-state index in [2.05, 4.69) is 38.0 Å². The molecule has 2 aromatic carbocycles. The molecule has 4 rings (SSSR count). The second kappa shape index (κ2) is 10.2. The Bertz CT molecular complexity index is 1260. The van der Waals surface area contributed by atoms with Gasteiger partial charge in [0.2, 0.25) is 5.91 Å². The van der Waals surface area contributed by atoms with Crippen molar-refractivity contribution in [2.45, 2.75) is 40.5 Å². The highest BCUT2D eigenvalue weighted by Gasteiger charge is 2.11. The molecule has 0 unspecified atom stereocenters. The van der Waals surface area contributed by atoms with Gasteiger partial charge in [-0.05, 0) is 70.5 Å². The van der Waals surface area contributed by atoms with Crippen molar-refractivity contribution < 1.29 is 9.32 Å². The van der Waals surface area contributed by atoms with Crippen LogP contribution in [0.4, 0.5) is 28.7 Å². The number of benzene rings is 2. The van der Waals surface area contributed by atoms with Crippen LogP contribution in [0, 0.1) is 27.7 Å². The number of amides is 1. The Kier molecular flexibility index (Phi) is 6.87. The fourth-order valence-corrected chi connectivity index (χ4v) is 3.59. The number of carbonyl (C=O) groups is 1. The maximum Gasteiger partial charge on any atom is 0.224 e. The molecule has 0 radical (unpaired) electrons. The summed E-state index contributed by atoms with van der Waals surface area (Å²) in [4.78, 5) is 21.3. The van der Waals surface area contributed by atoms with Gasteiger partial charge in [-0.15, -0.1) is 0 Å². The Balaban J connectivity index is 1.35. The largest absolute Gasteiger partial charge is 0.361 e. The van der Waals surface area contributed by atoms with E-state index in [1.807, 2.05) is 75.4 Å². The predicted molar refractivity (Wildman–Crippen MR) is 134 cm³/mol. The highest BCUT2D eigenvalue weighted by Crippen LogP contribution is 2.22. The summed E-state index contributed by atoms with van der Waals surface area (Å²) >= 11 is 0. The number of carbonyl (C=O) groups excluding carboxylic acids is 1. The molecule has 3 N–H and O–H groups in total. The Morgan fingerprint density at radius 3 is 1.94 bits per heavy atom. The maximum absolute atomic E-state index is 12.3. The summed E-state index contributed by atoms with van der Waals surface area (Å²) in [7, 11) is 0. The van der Waals surface area contributed by atoms with Crippen LogP contribution in [0.1, 0.15) is 34.8 Å². The zero-order chi connectivity index (χ0) is 24.1. The van der Waals surface area contributed by atoms with Crippen LogP contribution < -0.4 is 16.0 Å². The number of hydrogen-bond donors (Lipinski definition) is 3. The molecule has 0 saturated heterocycles. The molecule has 8 nitrogen and oxygen atoms in total. The summed E-state index contributed by atoms with van der Waals surface area (Å²) in [6, 6.07) is 17.5. The lowest BCUT2D eigenvalue weighted by atomic mass is 10.1. The molecule has 1 amide bonds. The van der Waals surface area contributed by atoms with E-state index in [0.29, 0.717) is 30.3 Å². The van der Waals surface area contributed by atoms with Crippen LogP contribution in [-0.2, 0) is 11.2 Å². The van der Waals surface area contributed by atoms with Crippen LogP contribution in [0.5, 0.6) is 0 Å². The van der Waals surface area contributed by atoms with Crippen molar-refractivity contribution in [1.29, 1.82) is 0 Å². The van der Waals surface area contributed by atoms with Crippen LogP contribution in [0.15, 0.2) is 59.1 Å². The van der Waals surface area contributed by atoms with Crippen molar-refractivity contribution in [3.05, 3.63) is 83.0 Å². The molecule has 2 heterocycles. The number of rotatable bonds is 8. The summed E-state index contributed by atoms with van der Waals surface area (Å²) in [5.41, 5.74) is 5.57. The Labute approximate surface area is 198 Å². The summed E-state index contributed by atoms with van der Waals surface area (Å²) in [5, 5.41) is 13.5. The number of nitrogens with zero attached hydrogens (tertiary/aromatic N) is 3. The van der Waals surface area contributed by atoms with Gasteiger partial charge < -0.3 is 20.5 Å². The minimum Gasteiger partial charge on any atom is -0.361 e. The summed E-state index contributed by atoms with van der Waals surface area (Å²) in [6.07, 6.45) is 0.957. The third kappa shape index (κ3) is 5.98. The average Bonchev–Trinajstić information content (AvgIpc) is 3.12. The quantitative estimate of drug-likeness (QED) is 0.310. The van der Waals surface area contributed by atoms with E-state index in [1.165, 1.54) is 5.56 Å². The molecule has 0 aliphatic carbocycles. The minimum absolute atomic E-state index is 0.0565.